The van der Waals surface area contributed by atoms with Gasteiger partial charge in [-0.05, 0) is 26.3 Å². The van der Waals surface area contributed by atoms with Crippen LogP contribution in [-0.2, 0) is 0 Å². The minimum absolute atomic E-state index is 0.510. The van der Waals surface area contributed by atoms with Crippen LogP contribution in [0.3, 0.4) is 0 Å². The zero-order chi connectivity index (χ0) is 8.15. The molecule has 0 aliphatic heterocycles. The van der Waals surface area contributed by atoms with Gasteiger partial charge in [0.15, 0.2) is 0 Å². The van der Waals surface area contributed by atoms with Crippen LogP contribution in [-0.4, -0.2) is 5.84 Å². The van der Waals surface area contributed by atoms with E-state index in [0.29, 0.717) is 5.84 Å². The lowest BCUT2D eigenvalue weighted by Crippen LogP contribution is -2.11. The molecule has 2 nitrogen and oxygen atoms in total. The lowest BCUT2D eigenvalue weighted by atomic mass is 10.3. The molecule has 0 atom stereocenters. The lowest BCUT2D eigenvalue weighted by molar-refractivity contribution is 1.26. The highest BCUT2D eigenvalue weighted by atomic mass is 14.9. The van der Waals surface area contributed by atoms with Crippen LogP contribution in [0.1, 0.15) is 20.8 Å². The van der Waals surface area contributed by atoms with E-state index < -0.39 is 0 Å². The summed E-state index contributed by atoms with van der Waals surface area (Å²) < 4.78 is 0. The quantitative estimate of drug-likeness (QED) is 0.459. The van der Waals surface area contributed by atoms with E-state index in [2.05, 4.69) is 11.6 Å². The third-order valence-electron chi connectivity index (χ3n) is 1.15. The predicted octanol–water partition coefficient (Wildman–Crippen LogP) is 1.84. The van der Waals surface area contributed by atoms with Crippen molar-refractivity contribution in [2.24, 2.45) is 10.7 Å². The smallest absolute Gasteiger partial charge is 0.125 e. The van der Waals surface area contributed by atoms with Crippen molar-refractivity contribution in [2.75, 3.05) is 0 Å². The number of hydrogen-bond acceptors (Lipinski definition) is 1. The highest BCUT2D eigenvalue weighted by Crippen LogP contribution is 1.96. The molecule has 0 aromatic rings. The van der Waals surface area contributed by atoms with Crippen molar-refractivity contribution in [3.05, 3.63) is 23.9 Å². The van der Waals surface area contributed by atoms with Crippen LogP contribution in [0.5, 0.6) is 0 Å². The highest BCUT2D eigenvalue weighted by molar-refractivity contribution is 5.96. The van der Waals surface area contributed by atoms with E-state index in [9.17, 15) is 0 Å². The second-order valence-corrected chi connectivity index (χ2v) is 2.21. The fourth-order valence-electron chi connectivity index (χ4n) is 0.350. The van der Waals surface area contributed by atoms with Gasteiger partial charge in [-0.15, -0.1) is 0 Å². The van der Waals surface area contributed by atoms with E-state index in [4.69, 9.17) is 5.73 Å². The average Bonchev–Trinajstić information content (AvgIpc) is 1.87. The van der Waals surface area contributed by atoms with Crippen LogP contribution in [0.4, 0.5) is 0 Å². The van der Waals surface area contributed by atoms with Crippen molar-refractivity contribution in [3.8, 4) is 0 Å². The summed E-state index contributed by atoms with van der Waals surface area (Å²) in [6.45, 7) is 9.31. The molecular weight excluding hydrogens is 124 g/mol. The molecule has 0 aromatic heterocycles. The maximum Gasteiger partial charge on any atom is 0.125 e. The molecule has 0 heterocycles. The molecule has 0 bridgehead atoms. The SMILES string of the molecule is C=C(C)C(N)=N/C(C)=C\C. The Labute approximate surface area is 62.1 Å². The Morgan fingerprint density at radius 3 is 2.30 bits per heavy atom. The number of rotatable bonds is 2. The molecule has 0 fully saturated rings. The molecule has 10 heavy (non-hydrogen) atoms. The van der Waals surface area contributed by atoms with E-state index in [1.54, 1.807) is 0 Å². The third-order valence-corrected chi connectivity index (χ3v) is 1.15. The van der Waals surface area contributed by atoms with E-state index in [-0.39, 0.29) is 0 Å². The van der Waals surface area contributed by atoms with Crippen LogP contribution in [0.15, 0.2) is 28.9 Å². The summed E-state index contributed by atoms with van der Waals surface area (Å²) in [5.41, 5.74) is 7.23. The van der Waals surface area contributed by atoms with Crippen LogP contribution < -0.4 is 5.73 Å². The zero-order valence-electron chi connectivity index (χ0n) is 6.81. The summed E-state index contributed by atoms with van der Waals surface area (Å²) in [5.74, 6) is 0.510. The molecule has 0 saturated carbocycles. The Kier molecular flexibility index (Phi) is 3.47. The van der Waals surface area contributed by atoms with E-state index in [1.165, 1.54) is 0 Å². The fourth-order valence-corrected chi connectivity index (χ4v) is 0.350. The molecule has 0 aliphatic rings. The number of hydrogen-bond donors (Lipinski definition) is 1. The first-order valence-electron chi connectivity index (χ1n) is 3.21. The molecule has 0 rings (SSSR count). The van der Waals surface area contributed by atoms with Crippen LogP contribution in [0.25, 0.3) is 0 Å². The molecule has 0 aromatic carbocycles. The van der Waals surface area contributed by atoms with Crippen molar-refractivity contribution in [1.82, 2.24) is 0 Å². The van der Waals surface area contributed by atoms with Gasteiger partial charge >= 0.3 is 0 Å². The summed E-state index contributed by atoms with van der Waals surface area (Å²) in [4.78, 5) is 4.05. The number of nitrogens with two attached hydrogens (primary N) is 1. The molecule has 0 unspecified atom stereocenters. The first-order chi connectivity index (χ1) is 4.57. The molecule has 0 saturated heterocycles. The Bertz CT molecular complexity index is 187. The molecule has 0 aliphatic carbocycles. The maximum absolute atomic E-state index is 5.50. The largest absolute Gasteiger partial charge is 0.383 e. The van der Waals surface area contributed by atoms with Crippen LogP contribution in [0, 0.1) is 0 Å². The highest BCUT2D eigenvalue weighted by Gasteiger charge is 1.90. The zero-order valence-corrected chi connectivity index (χ0v) is 6.81. The normalized spacial score (nSPS) is 13.5. The molecule has 0 spiro atoms. The molecule has 56 valence electrons. The van der Waals surface area contributed by atoms with E-state index in [1.807, 2.05) is 26.8 Å². The Balaban J connectivity index is 4.31. The summed E-state index contributed by atoms with van der Waals surface area (Å²) >= 11 is 0. The van der Waals surface area contributed by atoms with Crippen molar-refractivity contribution in [3.63, 3.8) is 0 Å². The summed E-state index contributed by atoms with van der Waals surface area (Å²) in [5, 5.41) is 0. The number of nitrogens with zero attached hydrogens (tertiary/aromatic N) is 1. The predicted molar refractivity (Wildman–Crippen MR) is 45.9 cm³/mol. The second kappa shape index (κ2) is 3.88. The van der Waals surface area contributed by atoms with Gasteiger partial charge in [0.05, 0.1) is 0 Å². The van der Waals surface area contributed by atoms with Gasteiger partial charge in [-0.1, -0.05) is 12.7 Å². The van der Waals surface area contributed by atoms with Gasteiger partial charge in [-0.3, -0.25) is 0 Å². The Hall–Kier alpha value is -1.05. The van der Waals surface area contributed by atoms with Gasteiger partial charge in [0.1, 0.15) is 5.84 Å². The van der Waals surface area contributed by atoms with Gasteiger partial charge in [-0.2, -0.15) is 0 Å². The summed E-state index contributed by atoms with van der Waals surface area (Å²) in [7, 11) is 0. The minimum atomic E-state index is 0.510. The third kappa shape index (κ3) is 3.07. The van der Waals surface area contributed by atoms with E-state index in [0.717, 1.165) is 11.3 Å². The second-order valence-electron chi connectivity index (χ2n) is 2.21. The maximum atomic E-state index is 5.50. The lowest BCUT2D eigenvalue weighted by Gasteiger charge is -1.96. The van der Waals surface area contributed by atoms with Gasteiger partial charge < -0.3 is 5.73 Å². The van der Waals surface area contributed by atoms with Gasteiger partial charge in [0, 0.05) is 5.70 Å². The van der Waals surface area contributed by atoms with Gasteiger partial charge in [-0.25, -0.2) is 4.99 Å². The molecule has 0 amide bonds. The van der Waals surface area contributed by atoms with Crippen molar-refractivity contribution in [2.45, 2.75) is 20.8 Å². The molecule has 0 radical (unpaired) electrons. The first kappa shape index (κ1) is 8.95. The number of allylic oxidation sites excluding steroid dienone is 2. The molecule has 2 N–H and O–H groups in total. The van der Waals surface area contributed by atoms with Crippen molar-refractivity contribution >= 4 is 5.84 Å². The van der Waals surface area contributed by atoms with Crippen LogP contribution >= 0.6 is 0 Å². The molecule has 2 heteroatoms. The van der Waals surface area contributed by atoms with E-state index >= 15 is 0 Å². The number of amidine groups is 1. The van der Waals surface area contributed by atoms with Gasteiger partial charge in [0.2, 0.25) is 0 Å². The topological polar surface area (TPSA) is 38.4 Å². The monoisotopic (exact) mass is 138 g/mol. The molecular formula is C8H14N2. The fraction of sp³-hybridized carbons (Fsp3) is 0.375. The van der Waals surface area contributed by atoms with Crippen LogP contribution in [0.2, 0.25) is 0 Å². The summed E-state index contributed by atoms with van der Waals surface area (Å²) in [6, 6.07) is 0. The number of aliphatic imine (C=N–C) groups is 1. The minimum Gasteiger partial charge on any atom is -0.383 e. The first-order valence-corrected chi connectivity index (χ1v) is 3.21. The standard InChI is InChI=1S/C8H14N2/c1-5-7(4)10-8(9)6(2)3/h5H,2H2,1,3-4H3,(H2,9,10)/b7-5-. The Morgan fingerprint density at radius 1 is 1.50 bits per heavy atom. The summed E-state index contributed by atoms with van der Waals surface area (Å²) in [6.07, 6.45) is 1.90. The average molecular weight is 138 g/mol. The van der Waals surface area contributed by atoms with Crippen molar-refractivity contribution < 1.29 is 0 Å². The van der Waals surface area contributed by atoms with Gasteiger partial charge in [0.25, 0.3) is 0 Å². The Morgan fingerprint density at radius 2 is 2.00 bits per heavy atom. The van der Waals surface area contributed by atoms with Crippen molar-refractivity contribution in [1.29, 1.82) is 0 Å².